The summed E-state index contributed by atoms with van der Waals surface area (Å²) >= 11 is 0. The van der Waals surface area contributed by atoms with Crippen LogP contribution in [-0.2, 0) is 4.79 Å². The number of amides is 1. The van der Waals surface area contributed by atoms with Crippen molar-refractivity contribution >= 4 is 11.6 Å². The zero-order chi connectivity index (χ0) is 13.8. The van der Waals surface area contributed by atoms with E-state index in [9.17, 15) is 4.79 Å². The number of pyridine rings is 1. The van der Waals surface area contributed by atoms with Gasteiger partial charge in [-0.15, -0.1) is 0 Å². The molecule has 102 valence electrons. The second kappa shape index (κ2) is 5.64. The molecule has 1 aliphatic carbocycles. The molecule has 1 N–H and O–H groups in total. The molecule has 1 atom stereocenters. The number of nitrogens with one attached hydrogen (secondary N) is 1. The Morgan fingerprint density at radius 2 is 2.40 bits per heavy atom. The van der Waals surface area contributed by atoms with Crippen molar-refractivity contribution in [1.29, 1.82) is 0 Å². The molecular weight excluding hydrogens is 254 g/mol. The molecule has 0 radical (unpaired) electrons. The maximum atomic E-state index is 11.9. The summed E-state index contributed by atoms with van der Waals surface area (Å²) in [6, 6.07) is 3.60. The van der Waals surface area contributed by atoms with Gasteiger partial charge in [-0.3, -0.25) is 4.79 Å². The molecule has 2 heterocycles. The minimum absolute atomic E-state index is 0.0249. The van der Waals surface area contributed by atoms with Gasteiger partial charge in [0, 0.05) is 6.42 Å². The molecule has 0 spiro atoms. The number of allylic oxidation sites excluding steroid dienone is 2. The minimum atomic E-state index is 0.0249. The molecule has 6 heteroatoms. The Bertz CT molecular complexity index is 603. The Balaban J connectivity index is 1.60. The van der Waals surface area contributed by atoms with E-state index in [2.05, 4.69) is 32.5 Å². The number of carbonyl (C=O) groups excluding carboxylic acids is 1. The van der Waals surface area contributed by atoms with Crippen molar-refractivity contribution in [1.82, 2.24) is 19.7 Å². The van der Waals surface area contributed by atoms with E-state index in [1.807, 2.05) is 6.07 Å². The average molecular weight is 269 g/mol. The molecule has 0 aliphatic heterocycles. The number of carbonyl (C=O) groups is 1. The highest BCUT2D eigenvalue weighted by atomic mass is 16.1. The average Bonchev–Trinajstić information content (AvgIpc) is 3.12. The molecule has 0 unspecified atom stereocenters. The standard InChI is InChI=1S/C14H15N5O/c20-14(7-11-3-1-2-4-11)18-12-5-6-13(16-8-12)19-10-15-9-17-19/h1,3,5-6,8-11H,2,4,7H2,(H,18,20)/t11-/m1/s1. The summed E-state index contributed by atoms with van der Waals surface area (Å²) in [5.41, 5.74) is 0.695. The smallest absolute Gasteiger partial charge is 0.225 e. The van der Waals surface area contributed by atoms with Crippen LogP contribution < -0.4 is 5.32 Å². The third kappa shape index (κ3) is 2.90. The van der Waals surface area contributed by atoms with E-state index in [-0.39, 0.29) is 5.91 Å². The van der Waals surface area contributed by atoms with Crippen molar-refractivity contribution in [3.8, 4) is 5.82 Å². The van der Waals surface area contributed by atoms with Crippen LogP contribution in [0.25, 0.3) is 5.82 Å². The predicted molar refractivity (Wildman–Crippen MR) is 74.3 cm³/mol. The van der Waals surface area contributed by atoms with Crippen LogP contribution in [0.2, 0.25) is 0 Å². The van der Waals surface area contributed by atoms with Crippen molar-refractivity contribution in [3.05, 3.63) is 43.1 Å². The topological polar surface area (TPSA) is 72.7 Å². The maximum Gasteiger partial charge on any atom is 0.225 e. The van der Waals surface area contributed by atoms with Gasteiger partial charge in [0.15, 0.2) is 5.82 Å². The van der Waals surface area contributed by atoms with Gasteiger partial charge in [-0.2, -0.15) is 5.10 Å². The summed E-state index contributed by atoms with van der Waals surface area (Å²) < 4.78 is 1.56. The molecular formula is C14H15N5O. The first-order valence-corrected chi connectivity index (χ1v) is 6.59. The number of aromatic nitrogens is 4. The summed E-state index contributed by atoms with van der Waals surface area (Å²) in [4.78, 5) is 20.0. The first-order chi connectivity index (χ1) is 9.81. The third-order valence-electron chi connectivity index (χ3n) is 3.25. The molecule has 0 saturated heterocycles. The lowest BCUT2D eigenvalue weighted by atomic mass is 10.1. The number of rotatable bonds is 4. The first kappa shape index (κ1) is 12.5. The van der Waals surface area contributed by atoms with Crippen LogP contribution in [0.5, 0.6) is 0 Å². The van der Waals surface area contributed by atoms with Crippen LogP contribution >= 0.6 is 0 Å². The van der Waals surface area contributed by atoms with Crippen LogP contribution in [0.4, 0.5) is 5.69 Å². The van der Waals surface area contributed by atoms with Crippen molar-refractivity contribution in [3.63, 3.8) is 0 Å². The van der Waals surface area contributed by atoms with Gasteiger partial charge in [-0.05, 0) is 30.9 Å². The van der Waals surface area contributed by atoms with Gasteiger partial charge in [-0.1, -0.05) is 12.2 Å². The van der Waals surface area contributed by atoms with Crippen molar-refractivity contribution < 1.29 is 4.79 Å². The monoisotopic (exact) mass is 269 g/mol. The second-order valence-corrected chi connectivity index (χ2v) is 4.76. The fraction of sp³-hybridized carbons (Fsp3) is 0.286. The predicted octanol–water partition coefficient (Wildman–Crippen LogP) is 1.96. The van der Waals surface area contributed by atoms with Crippen molar-refractivity contribution in [2.24, 2.45) is 5.92 Å². The quantitative estimate of drug-likeness (QED) is 0.861. The molecule has 0 aromatic carbocycles. The van der Waals surface area contributed by atoms with Crippen LogP contribution in [0.15, 0.2) is 43.1 Å². The fourth-order valence-corrected chi connectivity index (χ4v) is 2.24. The third-order valence-corrected chi connectivity index (χ3v) is 3.25. The number of nitrogens with zero attached hydrogens (tertiary/aromatic N) is 4. The Kier molecular flexibility index (Phi) is 3.54. The molecule has 2 aromatic rings. The summed E-state index contributed by atoms with van der Waals surface area (Å²) in [6.07, 6.45) is 11.6. The zero-order valence-corrected chi connectivity index (χ0v) is 10.9. The molecule has 20 heavy (non-hydrogen) atoms. The van der Waals surface area contributed by atoms with Crippen LogP contribution in [0.1, 0.15) is 19.3 Å². The highest BCUT2D eigenvalue weighted by Crippen LogP contribution is 2.21. The largest absolute Gasteiger partial charge is 0.325 e. The Hall–Kier alpha value is -2.50. The second-order valence-electron chi connectivity index (χ2n) is 4.76. The number of hydrogen-bond acceptors (Lipinski definition) is 4. The highest BCUT2D eigenvalue weighted by Gasteiger charge is 2.14. The zero-order valence-electron chi connectivity index (χ0n) is 10.9. The molecule has 2 aromatic heterocycles. The lowest BCUT2D eigenvalue weighted by molar-refractivity contribution is -0.116. The van der Waals surface area contributed by atoms with E-state index in [0.717, 1.165) is 12.8 Å². The van der Waals surface area contributed by atoms with Crippen LogP contribution in [0, 0.1) is 5.92 Å². The molecule has 6 nitrogen and oxygen atoms in total. The maximum absolute atomic E-state index is 11.9. The van der Waals surface area contributed by atoms with E-state index in [1.54, 1.807) is 23.3 Å². The Morgan fingerprint density at radius 3 is 3.05 bits per heavy atom. The lowest BCUT2D eigenvalue weighted by Crippen LogP contribution is -2.15. The van der Waals surface area contributed by atoms with Gasteiger partial charge in [-0.25, -0.2) is 14.6 Å². The summed E-state index contributed by atoms with van der Waals surface area (Å²) in [5, 5.41) is 6.85. The molecule has 0 fully saturated rings. The first-order valence-electron chi connectivity index (χ1n) is 6.59. The SMILES string of the molecule is O=C(C[C@@H]1C=CCC1)Nc1ccc(-n2cncn2)nc1. The van der Waals surface area contributed by atoms with Crippen LogP contribution in [-0.4, -0.2) is 25.7 Å². The Labute approximate surface area is 116 Å². The van der Waals surface area contributed by atoms with Crippen LogP contribution in [0.3, 0.4) is 0 Å². The number of hydrogen-bond donors (Lipinski definition) is 1. The van der Waals surface area contributed by atoms with Gasteiger partial charge in [0.1, 0.15) is 12.7 Å². The van der Waals surface area contributed by atoms with Gasteiger partial charge in [0.25, 0.3) is 0 Å². The summed E-state index contributed by atoms with van der Waals surface area (Å²) in [6.45, 7) is 0. The fourth-order valence-electron chi connectivity index (χ4n) is 2.24. The highest BCUT2D eigenvalue weighted by molar-refractivity contribution is 5.90. The van der Waals surface area contributed by atoms with Crippen molar-refractivity contribution in [2.75, 3.05) is 5.32 Å². The summed E-state index contributed by atoms with van der Waals surface area (Å²) in [5.74, 6) is 1.06. The van der Waals surface area contributed by atoms with E-state index in [4.69, 9.17) is 0 Å². The van der Waals surface area contributed by atoms with E-state index >= 15 is 0 Å². The molecule has 0 bridgehead atoms. The van der Waals surface area contributed by atoms with Gasteiger partial charge in [0.05, 0.1) is 11.9 Å². The molecule has 1 aliphatic rings. The molecule has 3 rings (SSSR count). The minimum Gasteiger partial charge on any atom is -0.325 e. The van der Waals surface area contributed by atoms with E-state index < -0.39 is 0 Å². The normalized spacial score (nSPS) is 17.3. The van der Waals surface area contributed by atoms with Gasteiger partial charge >= 0.3 is 0 Å². The van der Waals surface area contributed by atoms with E-state index in [1.165, 1.54) is 6.33 Å². The Morgan fingerprint density at radius 1 is 1.45 bits per heavy atom. The summed E-state index contributed by atoms with van der Waals surface area (Å²) in [7, 11) is 0. The molecule has 1 amide bonds. The molecule has 0 saturated carbocycles. The van der Waals surface area contributed by atoms with E-state index in [0.29, 0.717) is 23.8 Å². The van der Waals surface area contributed by atoms with Gasteiger partial charge < -0.3 is 5.32 Å². The van der Waals surface area contributed by atoms with Gasteiger partial charge in [0.2, 0.25) is 5.91 Å². The number of anilines is 1. The van der Waals surface area contributed by atoms with Crippen molar-refractivity contribution in [2.45, 2.75) is 19.3 Å². The lowest BCUT2D eigenvalue weighted by Gasteiger charge is -2.08.